The quantitative estimate of drug-likeness (QED) is 0.303. The summed E-state index contributed by atoms with van der Waals surface area (Å²) < 4.78 is 24.8. The van der Waals surface area contributed by atoms with Crippen LogP contribution in [-0.2, 0) is 16.1 Å². The van der Waals surface area contributed by atoms with Crippen molar-refractivity contribution in [1.82, 2.24) is 10.2 Å². The number of carbonyl (C=O) groups is 2. The Morgan fingerprint density at radius 3 is 2.39 bits per heavy atom. The molecule has 3 rings (SSSR count). The van der Waals surface area contributed by atoms with E-state index < -0.39 is 11.9 Å². The van der Waals surface area contributed by atoms with Gasteiger partial charge in [0, 0.05) is 12.6 Å². The highest BCUT2D eigenvalue weighted by Crippen LogP contribution is 2.34. The molecule has 2 aromatic rings. The number of hydrogen-bond acceptors (Lipinski definition) is 4. The lowest BCUT2D eigenvalue weighted by molar-refractivity contribution is -0.140. The van der Waals surface area contributed by atoms with Crippen LogP contribution in [0.15, 0.2) is 42.5 Å². The molecule has 2 amide bonds. The first kappa shape index (κ1) is 27.8. The van der Waals surface area contributed by atoms with Gasteiger partial charge in [0.1, 0.15) is 17.7 Å². The van der Waals surface area contributed by atoms with Crippen molar-refractivity contribution < 1.29 is 23.5 Å². The van der Waals surface area contributed by atoms with Gasteiger partial charge in [0.05, 0.1) is 13.7 Å². The van der Waals surface area contributed by atoms with Crippen molar-refractivity contribution in [3.63, 3.8) is 0 Å². The summed E-state index contributed by atoms with van der Waals surface area (Å²) in [7, 11) is 1.54. The highest BCUT2D eigenvalue weighted by Gasteiger charge is 2.33. The predicted molar refractivity (Wildman–Crippen MR) is 139 cm³/mol. The van der Waals surface area contributed by atoms with Gasteiger partial charge in [-0.15, -0.1) is 11.6 Å². The van der Waals surface area contributed by atoms with Crippen LogP contribution in [0.3, 0.4) is 0 Å². The number of ether oxygens (including phenoxy) is 2. The first-order valence-electron chi connectivity index (χ1n) is 12.7. The number of rotatable bonds is 11. The summed E-state index contributed by atoms with van der Waals surface area (Å²) in [5.41, 5.74) is 1.28. The van der Waals surface area contributed by atoms with Gasteiger partial charge in [0.15, 0.2) is 11.5 Å². The van der Waals surface area contributed by atoms with Crippen LogP contribution in [0.25, 0.3) is 0 Å². The Morgan fingerprint density at radius 1 is 1.08 bits per heavy atom. The molecule has 0 saturated heterocycles. The van der Waals surface area contributed by atoms with Crippen LogP contribution in [0.4, 0.5) is 4.39 Å². The highest BCUT2D eigenvalue weighted by atomic mass is 35.5. The molecule has 196 valence electrons. The fourth-order valence-electron chi connectivity index (χ4n) is 4.55. The van der Waals surface area contributed by atoms with Gasteiger partial charge >= 0.3 is 0 Å². The molecule has 2 aromatic carbocycles. The smallest absolute Gasteiger partial charge is 0.247 e. The van der Waals surface area contributed by atoms with Gasteiger partial charge < -0.3 is 19.7 Å². The number of methoxy groups -OCH3 is 1. The summed E-state index contributed by atoms with van der Waals surface area (Å²) in [4.78, 5) is 28.4. The van der Waals surface area contributed by atoms with Crippen molar-refractivity contribution in [3.8, 4) is 11.5 Å². The van der Waals surface area contributed by atoms with Crippen molar-refractivity contribution in [2.75, 3.05) is 19.6 Å². The monoisotopic (exact) mass is 518 g/mol. The number of hydrogen-bond donors (Lipinski definition) is 1. The molecular weight excluding hydrogens is 483 g/mol. The Kier molecular flexibility index (Phi) is 10.9. The van der Waals surface area contributed by atoms with Crippen LogP contribution in [0.5, 0.6) is 11.5 Å². The first-order valence-corrected chi connectivity index (χ1v) is 13.2. The summed E-state index contributed by atoms with van der Waals surface area (Å²) in [5.74, 6) is -0.278. The minimum absolute atomic E-state index is 0.0512. The average Bonchev–Trinajstić information content (AvgIpc) is 3.16. The molecule has 0 aromatic heterocycles. The molecule has 1 N–H and O–H groups in total. The summed E-state index contributed by atoms with van der Waals surface area (Å²) in [5, 5.41) is 3.19. The zero-order chi connectivity index (χ0) is 25.9. The largest absolute Gasteiger partial charge is 0.493 e. The van der Waals surface area contributed by atoms with E-state index in [1.54, 1.807) is 37.4 Å². The van der Waals surface area contributed by atoms with Gasteiger partial charge in [0.25, 0.3) is 0 Å². The van der Waals surface area contributed by atoms with Gasteiger partial charge in [-0.2, -0.15) is 0 Å². The molecule has 0 radical (unpaired) electrons. The summed E-state index contributed by atoms with van der Waals surface area (Å²) >= 11 is 6.00. The molecule has 1 aliphatic rings. The number of nitrogens with one attached hydrogen (secondary N) is 1. The predicted octanol–water partition coefficient (Wildman–Crippen LogP) is 5.77. The van der Waals surface area contributed by atoms with E-state index in [2.05, 4.69) is 5.32 Å². The average molecular weight is 519 g/mol. The van der Waals surface area contributed by atoms with Gasteiger partial charge in [-0.25, -0.2) is 4.39 Å². The zero-order valence-corrected chi connectivity index (χ0v) is 21.9. The molecule has 0 spiro atoms. The summed E-state index contributed by atoms with van der Waals surface area (Å²) in [6.07, 6.45) is 7.11. The summed E-state index contributed by atoms with van der Waals surface area (Å²) in [6, 6.07) is 10.3. The van der Waals surface area contributed by atoms with E-state index in [0.29, 0.717) is 29.2 Å². The second kappa shape index (κ2) is 14.1. The number of benzene rings is 2. The topological polar surface area (TPSA) is 67.9 Å². The Morgan fingerprint density at radius 2 is 1.78 bits per heavy atom. The minimum atomic E-state index is -0.946. The number of nitrogens with zero attached hydrogens (tertiary/aromatic N) is 1. The lowest BCUT2D eigenvalue weighted by Crippen LogP contribution is -2.46. The van der Waals surface area contributed by atoms with Crippen LogP contribution in [0.1, 0.15) is 69.0 Å². The highest BCUT2D eigenvalue weighted by molar-refractivity contribution is 6.27. The van der Waals surface area contributed by atoms with E-state index in [9.17, 15) is 14.0 Å². The molecule has 1 fully saturated rings. The molecule has 1 aliphatic carbocycles. The third-order valence-corrected chi connectivity index (χ3v) is 6.66. The third-order valence-electron chi connectivity index (χ3n) is 6.43. The van der Waals surface area contributed by atoms with E-state index in [-0.39, 0.29) is 30.2 Å². The molecule has 1 saturated carbocycles. The fraction of sp³-hybridized carbons (Fsp3) is 0.500. The second-order valence-corrected chi connectivity index (χ2v) is 9.41. The molecule has 1 unspecified atom stereocenters. The molecule has 6 nitrogen and oxygen atoms in total. The SMILES string of the molecule is CCCOc1ccc(C(C(=O)NC2CCCCCC2)N(Cc2ccc(F)cc2)C(=O)CCl)cc1OC. The van der Waals surface area contributed by atoms with Gasteiger partial charge in [-0.3, -0.25) is 9.59 Å². The van der Waals surface area contributed by atoms with Gasteiger partial charge in [-0.05, 0) is 54.7 Å². The first-order chi connectivity index (χ1) is 17.5. The van der Waals surface area contributed by atoms with Crippen LogP contribution in [0.2, 0.25) is 0 Å². The van der Waals surface area contributed by atoms with E-state index in [0.717, 1.165) is 44.9 Å². The normalized spacial score (nSPS) is 15.0. The Labute approximate surface area is 218 Å². The molecule has 1 atom stereocenters. The van der Waals surface area contributed by atoms with Crippen molar-refractivity contribution in [3.05, 3.63) is 59.4 Å². The van der Waals surface area contributed by atoms with Crippen LogP contribution >= 0.6 is 11.6 Å². The molecule has 36 heavy (non-hydrogen) atoms. The van der Waals surface area contributed by atoms with E-state index >= 15 is 0 Å². The van der Waals surface area contributed by atoms with Gasteiger partial charge in [0.2, 0.25) is 11.8 Å². The standard InChI is InChI=1S/C28H36ClFN2O4/c1-3-16-36-24-15-12-21(17-25(24)35-2)27(28(34)31-23-8-6-4-5-7-9-23)32(26(33)18-29)19-20-10-13-22(30)14-11-20/h10-15,17,23,27H,3-9,16,18-19H2,1-2H3,(H,31,34). The maximum absolute atomic E-state index is 13.8. The van der Waals surface area contributed by atoms with Crippen LogP contribution in [-0.4, -0.2) is 42.4 Å². The van der Waals surface area contributed by atoms with E-state index in [1.807, 2.05) is 6.92 Å². The number of alkyl halides is 1. The Bertz CT molecular complexity index is 994. The Balaban J connectivity index is 1.99. The maximum atomic E-state index is 13.8. The third kappa shape index (κ3) is 7.60. The number of halogens is 2. The molecule has 0 bridgehead atoms. The second-order valence-electron chi connectivity index (χ2n) is 9.14. The van der Waals surface area contributed by atoms with Crippen molar-refractivity contribution >= 4 is 23.4 Å². The van der Waals surface area contributed by atoms with Crippen LogP contribution in [0, 0.1) is 5.82 Å². The molecule has 8 heteroatoms. The van der Waals surface area contributed by atoms with Crippen molar-refractivity contribution in [1.29, 1.82) is 0 Å². The summed E-state index contributed by atoms with van der Waals surface area (Å²) in [6.45, 7) is 2.65. The van der Waals surface area contributed by atoms with E-state index in [1.165, 1.54) is 17.0 Å². The maximum Gasteiger partial charge on any atom is 0.247 e. The minimum Gasteiger partial charge on any atom is -0.493 e. The molecule has 0 aliphatic heterocycles. The fourth-order valence-corrected chi connectivity index (χ4v) is 4.70. The lowest BCUT2D eigenvalue weighted by Gasteiger charge is -2.32. The Hall–Kier alpha value is -2.80. The lowest BCUT2D eigenvalue weighted by atomic mass is 10.0. The molecular formula is C28H36ClFN2O4. The zero-order valence-electron chi connectivity index (χ0n) is 21.1. The van der Waals surface area contributed by atoms with E-state index in [4.69, 9.17) is 21.1 Å². The molecule has 0 heterocycles. The number of carbonyl (C=O) groups excluding carboxylic acids is 2. The van der Waals surface area contributed by atoms with Crippen molar-refractivity contribution in [2.24, 2.45) is 0 Å². The van der Waals surface area contributed by atoms with Crippen LogP contribution < -0.4 is 14.8 Å². The number of amides is 2. The van der Waals surface area contributed by atoms with Crippen molar-refractivity contribution in [2.45, 2.75) is 70.5 Å². The van der Waals surface area contributed by atoms with Gasteiger partial charge in [-0.1, -0.05) is 50.8 Å².